The largest absolute Gasteiger partial charge is 0.416 e. The molecule has 0 aliphatic carbocycles. The monoisotopic (exact) mass is 482 g/mol. The van der Waals surface area contributed by atoms with Crippen molar-refractivity contribution in [2.24, 2.45) is 5.92 Å². The standard InChI is InChI=1S/C23H29F3N4O4/c1-5-29-16-12-30(19(13(2)3)20(31)27-10-11-34-4)21(32)17(16)18(28-22(29)33)14-8-6-7-9-15(14)23(24,25)26/h6-9,13,18-19H,5,10-12H2,1-4H3,(H,27,31)(H,28,33)/t18-,19+/m0/s1. The van der Waals surface area contributed by atoms with Crippen LogP contribution in [0, 0.1) is 5.92 Å². The van der Waals surface area contributed by atoms with Gasteiger partial charge < -0.3 is 20.3 Å². The van der Waals surface area contributed by atoms with Gasteiger partial charge in [0.2, 0.25) is 5.91 Å². The van der Waals surface area contributed by atoms with Crippen LogP contribution in [0.5, 0.6) is 0 Å². The molecule has 11 heteroatoms. The number of likely N-dealkylation sites (N-methyl/N-ethyl adjacent to an activating group) is 1. The number of urea groups is 1. The lowest BCUT2D eigenvalue weighted by molar-refractivity contribution is -0.139. The highest BCUT2D eigenvalue weighted by Gasteiger charge is 2.49. The third kappa shape index (κ3) is 4.75. The Kier molecular flexibility index (Phi) is 7.54. The summed E-state index contributed by atoms with van der Waals surface area (Å²) in [6.45, 7) is 5.96. The van der Waals surface area contributed by atoms with Gasteiger partial charge >= 0.3 is 12.2 Å². The number of hydrogen-bond donors (Lipinski definition) is 2. The van der Waals surface area contributed by atoms with Crippen molar-refractivity contribution >= 4 is 17.8 Å². The molecule has 34 heavy (non-hydrogen) atoms. The third-order valence-corrected chi connectivity index (χ3v) is 5.98. The van der Waals surface area contributed by atoms with E-state index in [9.17, 15) is 27.6 Å². The molecule has 2 heterocycles. The van der Waals surface area contributed by atoms with Gasteiger partial charge in [-0.05, 0) is 24.5 Å². The van der Waals surface area contributed by atoms with E-state index in [0.29, 0.717) is 5.70 Å². The fraction of sp³-hybridized carbons (Fsp3) is 0.522. The quantitative estimate of drug-likeness (QED) is 0.558. The number of carbonyl (C=O) groups is 3. The molecule has 2 atom stereocenters. The van der Waals surface area contributed by atoms with Crippen molar-refractivity contribution in [1.29, 1.82) is 0 Å². The first kappa shape index (κ1) is 25.5. The van der Waals surface area contributed by atoms with Gasteiger partial charge in [-0.25, -0.2) is 4.79 Å². The second kappa shape index (κ2) is 10.0. The van der Waals surface area contributed by atoms with Crippen molar-refractivity contribution in [2.75, 3.05) is 33.4 Å². The average molecular weight is 483 g/mol. The van der Waals surface area contributed by atoms with Gasteiger partial charge in [-0.1, -0.05) is 32.0 Å². The smallest absolute Gasteiger partial charge is 0.383 e. The van der Waals surface area contributed by atoms with Crippen molar-refractivity contribution in [2.45, 2.75) is 39.0 Å². The second-order valence-electron chi connectivity index (χ2n) is 8.48. The maximum Gasteiger partial charge on any atom is 0.416 e. The molecule has 2 aliphatic heterocycles. The lowest BCUT2D eigenvalue weighted by Crippen LogP contribution is -2.52. The fourth-order valence-electron chi connectivity index (χ4n) is 4.50. The summed E-state index contributed by atoms with van der Waals surface area (Å²) in [7, 11) is 1.50. The minimum absolute atomic E-state index is 0.0495. The summed E-state index contributed by atoms with van der Waals surface area (Å²) < 4.78 is 46.2. The van der Waals surface area contributed by atoms with Crippen molar-refractivity contribution < 1.29 is 32.3 Å². The topological polar surface area (TPSA) is 91.0 Å². The molecule has 2 aliphatic rings. The minimum atomic E-state index is -4.67. The predicted molar refractivity (Wildman–Crippen MR) is 117 cm³/mol. The van der Waals surface area contributed by atoms with Crippen LogP contribution in [-0.2, 0) is 20.5 Å². The maximum absolute atomic E-state index is 13.8. The van der Waals surface area contributed by atoms with Gasteiger partial charge in [0, 0.05) is 20.2 Å². The predicted octanol–water partition coefficient (Wildman–Crippen LogP) is 2.68. The molecular weight excluding hydrogens is 453 g/mol. The van der Waals surface area contributed by atoms with Gasteiger partial charge in [-0.2, -0.15) is 13.2 Å². The third-order valence-electron chi connectivity index (χ3n) is 5.98. The summed E-state index contributed by atoms with van der Waals surface area (Å²) in [5.41, 5.74) is -0.782. The number of ether oxygens (including phenoxy) is 1. The van der Waals surface area contributed by atoms with Gasteiger partial charge in [0.05, 0.1) is 36.0 Å². The summed E-state index contributed by atoms with van der Waals surface area (Å²) in [6, 6.07) is 2.11. The van der Waals surface area contributed by atoms with Crippen LogP contribution in [0.25, 0.3) is 0 Å². The molecule has 0 saturated carbocycles. The number of carbonyl (C=O) groups excluding carboxylic acids is 3. The molecule has 0 saturated heterocycles. The lowest BCUT2D eigenvalue weighted by Gasteiger charge is -2.33. The Morgan fingerprint density at radius 1 is 1.26 bits per heavy atom. The van der Waals surface area contributed by atoms with Crippen molar-refractivity contribution in [3.63, 3.8) is 0 Å². The highest BCUT2D eigenvalue weighted by molar-refractivity contribution is 6.03. The molecule has 0 spiro atoms. The SMILES string of the molecule is CCN1C(=O)N[C@@H](c2ccccc2C(F)(F)F)C2=C1CN([C@@H](C(=O)NCCOC)C(C)C)C2=O. The van der Waals surface area contributed by atoms with Crippen LogP contribution in [0.15, 0.2) is 35.5 Å². The number of nitrogens with one attached hydrogen (secondary N) is 2. The first-order chi connectivity index (χ1) is 16.0. The van der Waals surface area contributed by atoms with E-state index in [1.165, 1.54) is 35.1 Å². The zero-order valence-electron chi connectivity index (χ0n) is 19.5. The molecule has 2 N–H and O–H groups in total. The van der Waals surface area contributed by atoms with Crippen molar-refractivity contribution in [3.8, 4) is 0 Å². The van der Waals surface area contributed by atoms with E-state index in [1.54, 1.807) is 20.8 Å². The lowest BCUT2D eigenvalue weighted by atomic mass is 9.91. The van der Waals surface area contributed by atoms with Crippen molar-refractivity contribution in [1.82, 2.24) is 20.4 Å². The van der Waals surface area contributed by atoms with Crippen molar-refractivity contribution in [3.05, 3.63) is 46.7 Å². The van der Waals surface area contributed by atoms with Crippen LogP contribution in [0.4, 0.5) is 18.0 Å². The Hall–Kier alpha value is -3.08. The molecule has 0 unspecified atom stereocenters. The maximum atomic E-state index is 13.8. The van der Waals surface area contributed by atoms with Crippen LogP contribution in [0.3, 0.4) is 0 Å². The van der Waals surface area contributed by atoms with Crippen LogP contribution >= 0.6 is 0 Å². The summed E-state index contributed by atoms with van der Waals surface area (Å²) in [5.74, 6) is -1.25. The van der Waals surface area contributed by atoms with Crippen LogP contribution < -0.4 is 10.6 Å². The molecule has 4 amide bonds. The Morgan fingerprint density at radius 3 is 2.53 bits per heavy atom. The Balaban J connectivity index is 2.04. The number of nitrogens with zero attached hydrogens (tertiary/aromatic N) is 2. The van der Waals surface area contributed by atoms with E-state index in [1.807, 2.05) is 0 Å². The molecule has 3 rings (SSSR count). The summed E-state index contributed by atoms with van der Waals surface area (Å²) in [6.07, 6.45) is -4.67. The number of rotatable bonds is 8. The van der Waals surface area contributed by atoms with E-state index in [2.05, 4.69) is 10.6 Å². The van der Waals surface area contributed by atoms with Gasteiger partial charge in [0.1, 0.15) is 6.04 Å². The Morgan fingerprint density at radius 2 is 1.94 bits per heavy atom. The molecule has 0 radical (unpaired) electrons. The van der Waals surface area contributed by atoms with E-state index in [0.717, 1.165) is 6.07 Å². The van der Waals surface area contributed by atoms with E-state index < -0.39 is 41.7 Å². The average Bonchev–Trinajstić information content (AvgIpc) is 3.09. The summed E-state index contributed by atoms with van der Waals surface area (Å²) in [5, 5.41) is 5.30. The molecular formula is C23H29F3N4O4. The number of hydrogen-bond acceptors (Lipinski definition) is 4. The van der Waals surface area contributed by atoms with E-state index in [4.69, 9.17) is 4.74 Å². The highest BCUT2D eigenvalue weighted by atomic mass is 19.4. The summed E-state index contributed by atoms with van der Waals surface area (Å²) >= 11 is 0. The number of amides is 4. The highest BCUT2D eigenvalue weighted by Crippen LogP contribution is 2.42. The number of halogens is 3. The first-order valence-corrected chi connectivity index (χ1v) is 11.1. The summed E-state index contributed by atoms with van der Waals surface area (Å²) in [4.78, 5) is 42.0. The molecule has 1 aromatic carbocycles. The zero-order valence-corrected chi connectivity index (χ0v) is 19.5. The van der Waals surface area contributed by atoms with Gasteiger partial charge in [-0.3, -0.25) is 14.5 Å². The number of methoxy groups -OCH3 is 1. The first-order valence-electron chi connectivity index (χ1n) is 11.1. The normalized spacial score (nSPS) is 19.5. The molecule has 8 nitrogen and oxygen atoms in total. The minimum Gasteiger partial charge on any atom is -0.383 e. The molecule has 186 valence electrons. The van der Waals surface area contributed by atoms with Crippen LogP contribution in [0.2, 0.25) is 0 Å². The number of alkyl halides is 3. The van der Waals surface area contributed by atoms with Gasteiger partial charge in [0.15, 0.2) is 0 Å². The van der Waals surface area contributed by atoms with E-state index >= 15 is 0 Å². The number of benzene rings is 1. The zero-order chi connectivity index (χ0) is 25.2. The van der Waals surface area contributed by atoms with Gasteiger partial charge in [-0.15, -0.1) is 0 Å². The Bertz CT molecular complexity index is 993. The molecule has 0 aromatic heterocycles. The Labute approximate surface area is 196 Å². The van der Waals surface area contributed by atoms with E-state index in [-0.39, 0.29) is 43.3 Å². The fourth-order valence-corrected chi connectivity index (χ4v) is 4.50. The molecule has 1 aromatic rings. The molecule has 0 bridgehead atoms. The van der Waals surface area contributed by atoms with Crippen LogP contribution in [0.1, 0.15) is 37.9 Å². The van der Waals surface area contributed by atoms with Gasteiger partial charge in [0.25, 0.3) is 5.91 Å². The molecule has 0 fully saturated rings. The van der Waals surface area contributed by atoms with Crippen LogP contribution in [-0.4, -0.2) is 67.0 Å². The second-order valence-corrected chi connectivity index (χ2v) is 8.48.